The van der Waals surface area contributed by atoms with Crippen LogP contribution >= 0.6 is 11.6 Å². The molecule has 0 atom stereocenters. The average molecular weight is 653 g/mol. The van der Waals surface area contributed by atoms with Crippen molar-refractivity contribution >= 4 is 64.0 Å². The number of imidazole rings is 2. The first kappa shape index (κ1) is 31.7. The predicted molar refractivity (Wildman–Crippen MR) is 164 cm³/mol. The minimum absolute atomic E-state index is 0.0812. The normalized spacial score (nSPS) is 14.5. The van der Waals surface area contributed by atoms with Crippen LogP contribution in [-0.4, -0.2) is 103 Å². The van der Waals surface area contributed by atoms with Gasteiger partial charge in [0.2, 0.25) is 11.5 Å². The molecule has 4 aromatic rings. The first-order valence-electron chi connectivity index (χ1n) is 13.9. The molecule has 2 aromatic carbocycles. The summed E-state index contributed by atoms with van der Waals surface area (Å²) in [5, 5.41) is 14.9. The first-order chi connectivity index (χ1) is 22.0. The standard InChI is InChI=1S/C28H29ClN10O7/c29-16-12-15(46-11-3-8-38-9-10-39(27(44)45)28(13-38,24(30)42)25(31)43)6-7-17(16)34-22(40)20-21(33-14-32-20)23(41)37-26-35-18-4-1-2-5-19(18)36-26/h1-2,4-7,12,14H,3,8-11,13H2,(H2,30,42)(H2,31,43)(H,32,33)(H,34,40)(H,44,45)(H2,35,36,37,41). The van der Waals surface area contributed by atoms with Gasteiger partial charge in [-0.2, -0.15) is 0 Å². The lowest BCUT2D eigenvalue weighted by atomic mass is 9.92. The number of H-pyrrole nitrogens is 2. The number of primary amides is 2. The Morgan fingerprint density at radius 1 is 1.04 bits per heavy atom. The highest BCUT2D eigenvalue weighted by molar-refractivity contribution is 6.34. The van der Waals surface area contributed by atoms with Gasteiger partial charge in [0.15, 0.2) is 5.69 Å². The lowest BCUT2D eigenvalue weighted by molar-refractivity contribution is -0.146. The Hall–Kier alpha value is -5.68. The van der Waals surface area contributed by atoms with Crippen LogP contribution in [0, 0.1) is 0 Å². The van der Waals surface area contributed by atoms with Crippen molar-refractivity contribution in [2.45, 2.75) is 12.0 Å². The Balaban J connectivity index is 1.14. The molecule has 0 aliphatic carbocycles. The van der Waals surface area contributed by atoms with Crippen LogP contribution < -0.4 is 26.8 Å². The lowest BCUT2D eigenvalue weighted by Crippen LogP contribution is -2.74. The van der Waals surface area contributed by atoms with Crippen molar-refractivity contribution in [3.8, 4) is 5.75 Å². The summed E-state index contributed by atoms with van der Waals surface area (Å²) < 4.78 is 5.75. The van der Waals surface area contributed by atoms with Gasteiger partial charge in [0.25, 0.3) is 23.6 Å². The van der Waals surface area contributed by atoms with E-state index in [9.17, 15) is 29.1 Å². The molecule has 0 unspecified atom stereocenters. The van der Waals surface area contributed by atoms with E-state index < -0.39 is 35.3 Å². The van der Waals surface area contributed by atoms with Gasteiger partial charge < -0.3 is 36.6 Å². The number of anilines is 2. The molecule has 0 saturated carbocycles. The molecule has 0 spiro atoms. The fourth-order valence-electron chi connectivity index (χ4n) is 5.08. The first-order valence-corrected chi connectivity index (χ1v) is 14.2. The highest BCUT2D eigenvalue weighted by Gasteiger charge is 2.54. The number of carbonyl (C=O) groups excluding carboxylic acids is 4. The van der Waals surface area contributed by atoms with Crippen LogP contribution in [0.15, 0.2) is 48.8 Å². The van der Waals surface area contributed by atoms with Crippen molar-refractivity contribution in [2.75, 3.05) is 43.4 Å². The van der Waals surface area contributed by atoms with Gasteiger partial charge >= 0.3 is 6.09 Å². The molecule has 9 N–H and O–H groups in total. The maximum absolute atomic E-state index is 13.0. The number of aromatic amines is 2. The Labute approximate surface area is 265 Å². The summed E-state index contributed by atoms with van der Waals surface area (Å²) in [6.45, 7) is 0.417. The number of halogens is 1. The van der Waals surface area contributed by atoms with Gasteiger partial charge in [-0.1, -0.05) is 23.7 Å². The third-order valence-corrected chi connectivity index (χ3v) is 7.69. The number of amides is 5. The molecule has 240 valence electrons. The van der Waals surface area contributed by atoms with Crippen LogP contribution in [0.3, 0.4) is 0 Å². The summed E-state index contributed by atoms with van der Waals surface area (Å²) in [5.41, 5.74) is 10.0. The van der Waals surface area contributed by atoms with Crippen LogP contribution in [-0.2, 0) is 9.59 Å². The zero-order chi connectivity index (χ0) is 33.0. The summed E-state index contributed by atoms with van der Waals surface area (Å²) in [5.74, 6) is -2.99. The fraction of sp³-hybridized carbons (Fsp3) is 0.250. The van der Waals surface area contributed by atoms with Crippen molar-refractivity contribution < 1.29 is 33.8 Å². The zero-order valence-electron chi connectivity index (χ0n) is 24.1. The molecule has 0 radical (unpaired) electrons. The number of piperazine rings is 1. The Kier molecular flexibility index (Phi) is 9.06. The Morgan fingerprint density at radius 2 is 1.80 bits per heavy atom. The number of carboxylic acid groups (broad SMARTS) is 1. The number of carbonyl (C=O) groups is 5. The molecular weight excluding hydrogens is 624 g/mol. The molecule has 3 heterocycles. The van der Waals surface area contributed by atoms with Gasteiger partial charge in [0.1, 0.15) is 11.4 Å². The van der Waals surface area contributed by atoms with Crippen LogP contribution in [0.25, 0.3) is 11.0 Å². The van der Waals surface area contributed by atoms with Gasteiger partial charge in [0.05, 0.1) is 34.7 Å². The molecule has 2 aromatic heterocycles. The van der Waals surface area contributed by atoms with Crippen LogP contribution in [0.4, 0.5) is 16.4 Å². The van der Waals surface area contributed by atoms with E-state index in [1.807, 2.05) is 18.2 Å². The maximum atomic E-state index is 13.0. The number of nitrogens with two attached hydrogens (primary N) is 2. The number of ether oxygens (including phenoxy) is 1. The van der Waals surface area contributed by atoms with Crippen molar-refractivity contribution in [1.29, 1.82) is 0 Å². The van der Waals surface area contributed by atoms with Gasteiger partial charge in [0, 0.05) is 32.2 Å². The largest absolute Gasteiger partial charge is 0.493 e. The molecule has 17 nitrogen and oxygen atoms in total. The van der Waals surface area contributed by atoms with Gasteiger partial charge in [-0.15, -0.1) is 0 Å². The number of aromatic nitrogens is 4. The van der Waals surface area contributed by atoms with Gasteiger partial charge in [-0.3, -0.25) is 34.3 Å². The molecule has 1 aliphatic heterocycles. The average Bonchev–Trinajstić information content (AvgIpc) is 3.67. The van der Waals surface area contributed by atoms with Gasteiger partial charge in [-0.25, -0.2) is 14.8 Å². The van der Waals surface area contributed by atoms with Crippen molar-refractivity contribution in [3.05, 3.63) is 65.2 Å². The molecule has 0 bridgehead atoms. The Morgan fingerprint density at radius 3 is 2.50 bits per heavy atom. The minimum atomic E-state index is -2.17. The van der Waals surface area contributed by atoms with E-state index in [0.29, 0.717) is 29.1 Å². The smallest absolute Gasteiger partial charge is 0.408 e. The second-order valence-corrected chi connectivity index (χ2v) is 10.7. The molecule has 1 aliphatic rings. The number of hydrogen-bond acceptors (Lipinski definition) is 9. The number of hydrogen-bond donors (Lipinski definition) is 7. The molecule has 18 heteroatoms. The monoisotopic (exact) mass is 652 g/mol. The highest BCUT2D eigenvalue weighted by atomic mass is 35.5. The zero-order valence-corrected chi connectivity index (χ0v) is 24.8. The van der Waals surface area contributed by atoms with Crippen molar-refractivity contribution in [3.63, 3.8) is 0 Å². The summed E-state index contributed by atoms with van der Waals surface area (Å²) in [6.07, 6.45) is 0.190. The topological polar surface area (TPSA) is 255 Å². The molecule has 5 amide bonds. The second-order valence-electron chi connectivity index (χ2n) is 10.3. The SMILES string of the molecule is NC(=O)C1(C(N)=O)CN(CCCOc2ccc(NC(=O)c3nc[nH]c3C(=O)Nc3nc4ccccc4[nH]3)c(Cl)c2)CCN1C(=O)O. The van der Waals surface area contributed by atoms with Crippen LogP contribution in [0.5, 0.6) is 5.75 Å². The van der Waals surface area contributed by atoms with E-state index in [-0.39, 0.29) is 54.3 Å². The van der Waals surface area contributed by atoms with Crippen molar-refractivity contribution in [2.24, 2.45) is 11.5 Å². The van der Waals surface area contributed by atoms with Crippen molar-refractivity contribution in [1.82, 2.24) is 29.7 Å². The number of fused-ring (bicyclic) bond motifs is 1. The lowest BCUT2D eigenvalue weighted by Gasteiger charge is -2.45. The molecular formula is C28H29ClN10O7. The third kappa shape index (κ3) is 6.40. The van der Waals surface area contributed by atoms with Crippen LogP contribution in [0.2, 0.25) is 5.02 Å². The summed E-state index contributed by atoms with van der Waals surface area (Å²) in [7, 11) is 0. The minimum Gasteiger partial charge on any atom is -0.493 e. The number of para-hydroxylation sites is 2. The quantitative estimate of drug-likeness (QED) is 0.0900. The molecule has 46 heavy (non-hydrogen) atoms. The number of rotatable bonds is 11. The number of nitrogens with one attached hydrogen (secondary N) is 4. The second kappa shape index (κ2) is 13.1. The summed E-state index contributed by atoms with van der Waals surface area (Å²) in [6, 6.07) is 11.8. The molecule has 1 saturated heterocycles. The predicted octanol–water partition coefficient (Wildman–Crippen LogP) is 1.22. The Bertz CT molecular complexity index is 1780. The number of benzene rings is 2. The highest BCUT2D eigenvalue weighted by Crippen LogP contribution is 2.28. The fourth-order valence-corrected chi connectivity index (χ4v) is 5.30. The third-order valence-electron chi connectivity index (χ3n) is 7.38. The van der Waals surface area contributed by atoms with Crippen LogP contribution in [0.1, 0.15) is 27.4 Å². The molecule has 1 fully saturated rings. The number of nitrogens with zero attached hydrogens (tertiary/aromatic N) is 4. The van der Waals surface area contributed by atoms with E-state index in [1.165, 1.54) is 18.5 Å². The van der Waals surface area contributed by atoms with E-state index in [0.717, 1.165) is 5.52 Å². The van der Waals surface area contributed by atoms with E-state index in [1.54, 1.807) is 17.0 Å². The summed E-state index contributed by atoms with van der Waals surface area (Å²) >= 11 is 6.38. The molecule has 5 rings (SSSR count). The van der Waals surface area contributed by atoms with E-state index in [4.69, 9.17) is 27.8 Å². The van der Waals surface area contributed by atoms with E-state index in [2.05, 4.69) is 30.6 Å². The van der Waals surface area contributed by atoms with Gasteiger partial charge in [-0.05, 0) is 30.7 Å². The van der Waals surface area contributed by atoms with E-state index >= 15 is 0 Å². The maximum Gasteiger partial charge on any atom is 0.408 e. The summed E-state index contributed by atoms with van der Waals surface area (Å²) in [4.78, 5) is 78.0.